The molecule has 1 N–H and O–H groups in total. The maximum absolute atomic E-state index is 8.96. The Kier molecular flexibility index (Phi) is 5.57. The van der Waals surface area contributed by atoms with Gasteiger partial charge in [-0.3, -0.25) is 0 Å². The molecule has 1 atom stereocenters. The van der Waals surface area contributed by atoms with Crippen molar-refractivity contribution in [3.05, 3.63) is 44.9 Å². The Hall–Kier alpha value is -1.61. The van der Waals surface area contributed by atoms with Gasteiger partial charge in [0.05, 0.1) is 22.8 Å². The normalized spacial score (nSPS) is 11.9. The second-order valence-electron chi connectivity index (χ2n) is 4.43. The van der Waals surface area contributed by atoms with Crippen LogP contribution in [0.15, 0.2) is 23.6 Å². The fraction of sp³-hybridized carbons (Fsp3) is 0.333. The first-order valence-electron chi connectivity index (χ1n) is 6.63. The summed E-state index contributed by atoms with van der Waals surface area (Å²) in [7, 11) is 0. The predicted octanol–water partition coefficient (Wildman–Crippen LogP) is 4.38. The lowest BCUT2D eigenvalue weighted by Gasteiger charge is -2.07. The van der Waals surface area contributed by atoms with Crippen LogP contribution in [0.4, 0.5) is 5.69 Å². The zero-order valence-corrected chi connectivity index (χ0v) is 13.5. The van der Waals surface area contributed by atoms with Gasteiger partial charge in [0.1, 0.15) is 17.2 Å². The first-order chi connectivity index (χ1) is 10.1. The van der Waals surface area contributed by atoms with Crippen molar-refractivity contribution >= 4 is 28.6 Å². The minimum Gasteiger partial charge on any atom is -0.379 e. The average molecular weight is 322 g/mol. The molecule has 0 saturated heterocycles. The van der Waals surface area contributed by atoms with Crippen molar-refractivity contribution in [3.63, 3.8) is 0 Å². The number of thiazole rings is 1. The number of hydrogen-bond acceptors (Lipinski definition) is 5. The molecule has 0 aliphatic carbocycles. The number of ether oxygens (including phenoxy) is 1. The largest absolute Gasteiger partial charge is 0.379 e. The van der Waals surface area contributed by atoms with Gasteiger partial charge in [-0.2, -0.15) is 5.26 Å². The lowest BCUT2D eigenvalue weighted by Crippen LogP contribution is -2.02. The van der Waals surface area contributed by atoms with Crippen molar-refractivity contribution in [2.75, 3.05) is 11.9 Å². The number of halogens is 1. The summed E-state index contributed by atoms with van der Waals surface area (Å²) in [6.45, 7) is 5.25. The predicted molar refractivity (Wildman–Crippen MR) is 85.6 cm³/mol. The number of nitrogens with one attached hydrogen (secondary N) is 1. The van der Waals surface area contributed by atoms with Gasteiger partial charge in [-0.25, -0.2) is 4.98 Å². The van der Waals surface area contributed by atoms with Crippen LogP contribution in [-0.2, 0) is 11.3 Å². The molecule has 1 aromatic heterocycles. The van der Waals surface area contributed by atoms with E-state index in [0.29, 0.717) is 23.7 Å². The number of benzene rings is 1. The Morgan fingerprint density at radius 3 is 3.05 bits per heavy atom. The topological polar surface area (TPSA) is 57.9 Å². The van der Waals surface area contributed by atoms with Crippen molar-refractivity contribution < 1.29 is 4.74 Å². The van der Waals surface area contributed by atoms with Crippen molar-refractivity contribution in [2.45, 2.75) is 26.5 Å². The van der Waals surface area contributed by atoms with Crippen LogP contribution in [0.3, 0.4) is 0 Å². The molecule has 0 spiro atoms. The molecule has 110 valence electrons. The Balaban J connectivity index is 1.99. The lowest BCUT2D eigenvalue weighted by molar-refractivity contribution is 0.0761. The quantitative estimate of drug-likeness (QED) is 0.857. The number of nitriles is 1. The van der Waals surface area contributed by atoms with Gasteiger partial charge in [0.25, 0.3) is 0 Å². The Bertz CT molecular complexity index is 651. The van der Waals surface area contributed by atoms with E-state index >= 15 is 0 Å². The molecule has 21 heavy (non-hydrogen) atoms. The van der Waals surface area contributed by atoms with Gasteiger partial charge in [-0.05, 0) is 32.0 Å². The van der Waals surface area contributed by atoms with Gasteiger partial charge in [-0.1, -0.05) is 11.6 Å². The Morgan fingerprint density at radius 2 is 2.33 bits per heavy atom. The maximum atomic E-state index is 8.96. The molecule has 1 aromatic carbocycles. The number of nitrogens with zero attached hydrogens (tertiary/aromatic N) is 2. The summed E-state index contributed by atoms with van der Waals surface area (Å²) < 4.78 is 5.52. The first kappa shape index (κ1) is 15.8. The highest BCUT2D eigenvalue weighted by Gasteiger charge is 2.10. The van der Waals surface area contributed by atoms with E-state index in [0.717, 1.165) is 16.4 Å². The van der Waals surface area contributed by atoms with Gasteiger partial charge in [-0.15, -0.1) is 11.3 Å². The second kappa shape index (κ2) is 7.41. The van der Waals surface area contributed by atoms with Crippen LogP contribution in [0.1, 0.15) is 36.2 Å². The van der Waals surface area contributed by atoms with E-state index in [-0.39, 0.29) is 6.10 Å². The summed E-state index contributed by atoms with van der Waals surface area (Å²) in [5, 5.41) is 15.6. The number of hydrogen-bond donors (Lipinski definition) is 1. The Morgan fingerprint density at radius 1 is 1.52 bits per heavy atom. The molecule has 0 aliphatic rings. The van der Waals surface area contributed by atoms with Crippen LogP contribution in [0.5, 0.6) is 0 Å². The van der Waals surface area contributed by atoms with Crippen LogP contribution in [0, 0.1) is 11.3 Å². The van der Waals surface area contributed by atoms with Gasteiger partial charge < -0.3 is 10.1 Å². The molecule has 0 aliphatic heterocycles. The van der Waals surface area contributed by atoms with E-state index in [4.69, 9.17) is 21.6 Å². The fourth-order valence-electron chi connectivity index (χ4n) is 1.83. The molecule has 0 saturated carbocycles. The molecule has 0 radical (unpaired) electrons. The van der Waals surface area contributed by atoms with Crippen LogP contribution in [0.2, 0.25) is 5.02 Å². The second-order valence-corrected chi connectivity index (χ2v) is 5.73. The molecule has 1 heterocycles. The summed E-state index contributed by atoms with van der Waals surface area (Å²) in [6.07, 6.45) is 0.0227. The fourth-order valence-corrected chi connectivity index (χ4v) is 2.81. The molecule has 4 nitrogen and oxygen atoms in total. The molecule has 0 bridgehead atoms. The van der Waals surface area contributed by atoms with Crippen molar-refractivity contribution in [2.24, 2.45) is 0 Å². The van der Waals surface area contributed by atoms with E-state index in [1.165, 1.54) is 0 Å². The van der Waals surface area contributed by atoms with E-state index in [1.807, 2.05) is 25.3 Å². The smallest absolute Gasteiger partial charge is 0.122 e. The highest BCUT2D eigenvalue weighted by atomic mass is 35.5. The van der Waals surface area contributed by atoms with Crippen molar-refractivity contribution in [3.8, 4) is 6.07 Å². The summed E-state index contributed by atoms with van der Waals surface area (Å²) in [5.41, 5.74) is 2.27. The van der Waals surface area contributed by atoms with E-state index in [9.17, 15) is 0 Å². The van der Waals surface area contributed by atoms with E-state index in [1.54, 1.807) is 23.5 Å². The monoisotopic (exact) mass is 321 g/mol. The molecule has 6 heteroatoms. The van der Waals surface area contributed by atoms with Crippen LogP contribution in [-0.4, -0.2) is 11.6 Å². The minimum atomic E-state index is 0.0227. The SMILES string of the molecule is CCO[C@H](C)c1nc(CNc2ccc(Cl)c(C#N)c2)cs1. The van der Waals surface area contributed by atoms with E-state index < -0.39 is 0 Å². The zero-order valence-electron chi connectivity index (χ0n) is 11.9. The molecule has 0 amide bonds. The Labute approximate surface area is 133 Å². The summed E-state index contributed by atoms with van der Waals surface area (Å²) in [5.74, 6) is 0. The molecular formula is C15H16ClN3OS. The van der Waals surface area contributed by atoms with Crippen molar-refractivity contribution in [1.29, 1.82) is 5.26 Å². The zero-order chi connectivity index (χ0) is 15.2. The van der Waals surface area contributed by atoms with Gasteiger partial charge in [0, 0.05) is 17.7 Å². The summed E-state index contributed by atoms with van der Waals surface area (Å²) >= 11 is 7.50. The molecule has 0 unspecified atom stereocenters. The van der Waals surface area contributed by atoms with Crippen LogP contribution >= 0.6 is 22.9 Å². The highest BCUT2D eigenvalue weighted by Crippen LogP contribution is 2.23. The third-order valence-electron chi connectivity index (χ3n) is 2.89. The molecule has 2 rings (SSSR count). The number of anilines is 1. The lowest BCUT2D eigenvalue weighted by atomic mass is 10.2. The highest BCUT2D eigenvalue weighted by molar-refractivity contribution is 7.09. The van der Waals surface area contributed by atoms with Gasteiger partial charge in [0.2, 0.25) is 0 Å². The molecule has 0 fully saturated rings. The van der Waals surface area contributed by atoms with Gasteiger partial charge >= 0.3 is 0 Å². The summed E-state index contributed by atoms with van der Waals surface area (Å²) in [6, 6.07) is 7.36. The minimum absolute atomic E-state index is 0.0227. The van der Waals surface area contributed by atoms with Crippen LogP contribution < -0.4 is 5.32 Å². The standard InChI is InChI=1S/C15H16ClN3OS/c1-3-20-10(2)15-19-13(9-21-15)8-18-12-4-5-14(16)11(6-12)7-17/h4-6,9-10,18H,3,8H2,1-2H3/t10-/m1/s1. The third-order valence-corrected chi connectivity index (χ3v) is 4.28. The van der Waals surface area contributed by atoms with Crippen molar-refractivity contribution in [1.82, 2.24) is 4.98 Å². The average Bonchev–Trinajstić information content (AvgIpc) is 2.95. The molecule has 2 aromatic rings. The third kappa shape index (κ3) is 4.18. The number of aromatic nitrogens is 1. The van der Waals surface area contributed by atoms with Gasteiger partial charge in [0.15, 0.2) is 0 Å². The molecular weight excluding hydrogens is 306 g/mol. The summed E-state index contributed by atoms with van der Waals surface area (Å²) in [4.78, 5) is 4.54. The number of rotatable bonds is 6. The first-order valence-corrected chi connectivity index (χ1v) is 7.89. The van der Waals surface area contributed by atoms with E-state index in [2.05, 4.69) is 16.4 Å². The maximum Gasteiger partial charge on any atom is 0.122 e. The van der Waals surface area contributed by atoms with Crippen LogP contribution in [0.25, 0.3) is 0 Å².